The lowest BCUT2D eigenvalue weighted by molar-refractivity contribution is 0.152. The molecule has 0 radical (unpaired) electrons. The van der Waals surface area contributed by atoms with Gasteiger partial charge in [-0.3, -0.25) is 0 Å². The molecule has 26 heavy (non-hydrogen) atoms. The molecule has 0 aliphatic carbocycles. The van der Waals surface area contributed by atoms with Crippen molar-refractivity contribution in [1.29, 1.82) is 0 Å². The Labute approximate surface area is 154 Å². The summed E-state index contributed by atoms with van der Waals surface area (Å²) < 4.78 is 10.3. The minimum atomic E-state index is -0.848. The Bertz CT molecular complexity index is 806. The maximum Gasteiger partial charge on any atom is 0.519 e. The molecule has 5 nitrogen and oxygen atoms in total. The van der Waals surface area contributed by atoms with Crippen LogP contribution in [0.3, 0.4) is 0 Å². The Kier molecular flexibility index (Phi) is 7.38. The van der Waals surface area contributed by atoms with E-state index in [2.05, 4.69) is 18.8 Å². The first-order valence-corrected chi connectivity index (χ1v) is 8.72. The fourth-order valence-corrected chi connectivity index (χ4v) is 2.27. The molecule has 2 aromatic rings. The maximum atomic E-state index is 11.9. The van der Waals surface area contributed by atoms with Crippen molar-refractivity contribution in [3.63, 3.8) is 0 Å². The highest BCUT2D eigenvalue weighted by atomic mass is 16.7. The number of anilines is 2. The van der Waals surface area contributed by atoms with E-state index in [-0.39, 0.29) is 5.75 Å². The van der Waals surface area contributed by atoms with Crippen LogP contribution in [-0.2, 0) is 0 Å². The van der Waals surface area contributed by atoms with Gasteiger partial charge in [0.1, 0.15) is 11.5 Å². The van der Waals surface area contributed by atoms with Crippen LogP contribution in [0, 0.1) is 11.8 Å². The minimum absolute atomic E-state index is 0.268. The Morgan fingerprint density at radius 3 is 2.46 bits per heavy atom. The molecule has 4 N–H and O–H groups in total. The topological polar surface area (TPSA) is 87.6 Å². The lowest BCUT2D eigenvalue weighted by Gasteiger charge is -2.07. The van der Waals surface area contributed by atoms with Gasteiger partial charge in [-0.1, -0.05) is 44.1 Å². The van der Waals surface area contributed by atoms with Crippen molar-refractivity contribution in [2.24, 2.45) is 0 Å². The second kappa shape index (κ2) is 10.00. The molecule has 0 saturated heterocycles. The van der Waals surface area contributed by atoms with Crippen LogP contribution in [-0.4, -0.2) is 6.16 Å². The van der Waals surface area contributed by atoms with Crippen LogP contribution in [0.1, 0.15) is 44.6 Å². The second-order valence-corrected chi connectivity index (χ2v) is 5.89. The molecule has 136 valence electrons. The third kappa shape index (κ3) is 6.40. The van der Waals surface area contributed by atoms with E-state index >= 15 is 0 Å². The van der Waals surface area contributed by atoms with Gasteiger partial charge in [0.2, 0.25) is 0 Å². The van der Waals surface area contributed by atoms with E-state index < -0.39 is 6.16 Å². The molecule has 2 rings (SSSR count). The number of carbonyl (C=O) groups excluding carboxylic acids is 1. The molecule has 0 amide bonds. The summed E-state index contributed by atoms with van der Waals surface area (Å²) in [5, 5.41) is 0. The number of benzene rings is 2. The Morgan fingerprint density at radius 1 is 0.962 bits per heavy atom. The standard InChI is InChI=1S/C21H24N2O3/c1-2-3-4-5-6-7-9-16-10-8-11-17(14-16)25-21(24)26-18-12-13-19(22)20(23)15-18/h8,10-15H,2-6,22-23H2,1H3. The van der Waals surface area contributed by atoms with Crippen molar-refractivity contribution in [2.75, 3.05) is 11.5 Å². The maximum absolute atomic E-state index is 11.9. The van der Waals surface area contributed by atoms with E-state index in [1.807, 2.05) is 6.07 Å². The monoisotopic (exact) mass is 352 g/mol. The van der Waals surface area contributed by atoms with Crippen LogP contribution in [0.2, 0.25) is 0 Å². The van der Waals surface area contributed by atoms with E-state index in [1.54, 1.807) is 30.3 Å². The van der Waals surface area contributed by atoms with Gasteiger partial charge in [0, 0.05) is 18.1 Å². The first-order chi connectivity index (χ1) is 12.6. The molecule has 0 atom stereocenters. The fraction of sp³-hybridized carbons (Fsp3) is 0.286. The van der Waals surface area contributed by atoms with Gasteiger partial charge in [-0.2, -0.15) is 0 Å². The lowest BCUT2D eigenvalue weighted by Crippen LogP contribution is -2.14. The molecule has 0 bridgehead atoms. The number of hydrogen-bond acceptors (Lipinski definition) is 5. The van der Waals surface area contributed by atoms with Crippen LogP contribution in [0.5, 0.6) is 11.5 Å². The number of rotatable bonds is 6. The molecular weight excluding hydrogens is 328 g/mol. The van der Waals surface area contributed by atoms with Gasteiger partial charge in [-0.25, -0.2) is 4.79 Å². The Hall–Kier alpha value is -3.13. The van der Waals surface area contributed by atoms with Crippen LogP contribution in [0.25, 0.3) is 0 Å². The molecule has 2 aromatic carbocycles. The molecule has 0 unspecified atom stereocenters. The van der Waals surface area contributed by atoms with Crippen LogP contribution in [0.15, 0.2) is 42.5 Å². The SMILES string of the molecule is CCCCCCC#Cc1cccc(OC(=O)Oc2ccc(N)c(N)c2)c1. The first-order valence-electron chi connectivity index (χ1n) is 8.72. The van der Waals surface area contributed by atoms with Gasteiger partial charge in [-0.15, -0.1) is 0 Å². The van der Waals surface area contributed by atoms with Crippen molar-refractivity contribution >= 4 is 17.5 Å². The summed E-state index contributed by atoms with van der Waals surface area (Å²) in [7, 11) is 0. The van der Waals surface area contributed by atoms with Crippen molar-refractivity contribution in [3.05, 3.63) is 48.0 Å². The molecule has 0 aliphatic rings. The molecule has 0 saturated carbocycles. The van der Waals surface area contributed by atoms with Crippen LogP contribution in [0.4, 0.5) is 16.2 Å². The van der Waals surface area contributed by atoms with E-state index in [0.717, 1.165) is 18.4 Å². The fourth-order valence-electron chi connectivity index (χ4n) is 2.27. The third-order valence-electron chi connectivity index (χ3n) is 3.68. The molecule has 0 spiro atoms. The van der Waals surface area contributed by atoms with Gasteiger partial charge < -0.3 is 20.9 Å². The van der Waals surface area contributed by atoms with Gasteiger partial charge in [0.15, 0.2) is 0 Å². The predicted molar refractivity (Wildman–Crippen MR) is 104 cm³/mol. The van der Waals surface area contributed by atoms with Gasteiger partial charge >= 0.3 is 6.16 Å². The summed E-state index contributed by atoms with van der Waals surface area (Å²) in [6.07, 6.45) is 4.78. The van der Waals surface area contributed by atoms with Crippen molar-refractivity contribution in [1.82, 2.24) is 0 Å². The normalized spacial score (nSPS) is 9.88. The highest BCUT2D eigenvalue weighted by Crippen LogP contribution is 2.22. The summed E-state index contributed by atoms with van der Waals surface area (Å²) in [5.41, 5.74) is 12.9. The average Bonchev–Trinajstić information content (AvgIpc) is 2.61. The molecule has 0 heterocycles. The van der Waals surface area contributed by atoms with Gasteiger partial charge in [-0.05, 0) is 36.8 Å². The quantitative estimate of drug-likeness (QED) is 0.257. The summed E-state index contributed by atoms with van der Waals surface area (Å²) in [6, 6.07) is 11.6. The van der Waals surface area contributed by atoms with E-state index in [1.165, 1.54) is 25.3 Å². The Morgan fingerprint density at radius 2 is 1.73 bits per heavy atom. The number of carbonyl (C=O) groups is 1. The number of ether oxygens (including phenoxy) is 2. The second-order valence-electron chi connectivity index (χ2n) is 5.89. The van der Waals surface area contributed by atoms with Crippen LogP contribution < -0.4 is 20.9 Å². The van der Waals surface area contributed by atoms with Gasteiger partial charge in [0.25, 0.3) is 0 Å². The smallest absolute Gasteiger partial charge is 0.397 e. The summed E-state index contributed by atoms with van der Waals surface area (Å²) in [6.45, 7) is 2.18. The molecule has 0 aromatic heterocycles. The van der Waals surface area contributed by atoms with E-state index in [9.17, 15) is 4.79 Å². The highest BCUT2D eigenvalue weighted by Gasteiger charge is 2.09. The zero-order chi connectivity index (χ0) is 18.8. The van der Waals surface area contributed by atoms with Crippen molar-refractivity contribution in [2.45, 2.75) is 39.0 Å². The highest BCUT2D eigenvalue weighted by molar-refractivity contribution is 5.70. The first kappa shape index (κ1) is 19.2. The summed E-state index contributed by atoms with van der Waals surface area (Å²) in [5.74, 6) is 6.87. The molecule has 5 heteroatoms. The third-order valence-corrected chi connectivity index (χ3v) is 3.68. The molecule has 0 aliphatic heterocycles. The number of unbranched alkanes of at least 4 members (excludes halogenated alkanes) is 4. The summed E-state index contributed by atoms with van der Waals surface area (Å²) >= 11 is 0. The van der Waals surface area contributed by atoms with E-state index in [4.69, 9.17) is 20.9 Å². The van der Waals surface area contributed by atoms with Crippen molar-refractivity contribution in [3.8, 4) is 23.3 Å². The number of nitrogen functional groups attached to an aromatic ring is 2. The zero-order valence-electron chi connectivity index (χ0n) is 15.0. The summed E-state index contributed by atoms with van der Waals surface area (Å²) in [4.78, 5) is 11.9. The van der Waals surface area contributed by atoms with Crippen molar-refractivity contribution < 1.29 is 14.3 Å². The molecule has 0 fully saturated rings. The predicted octanol–water partition coefficient (Wildman–Crippen LogP) is 4.75. The number of nitrogens with two attached hydrogens (primary N) is 2. The largest absolute Gasteiger partial charge is 0.519 e. The van der Waals surface area contributed by atoms with Gasteiger partial charge in [0.05, 0.1) is 11.4 Å². The molecular formula is C21H24N2O3. The lowest BCUT2D eigenvalue weighted by atomic mass is 10.1. The zero-order valence-corrected chi connectivity index (χ0v) is 15.0. The average molecular weight is 352 g/mol. The number of hydrogen-bond donors (Lipinski definition) is 2. The van der Waals surface area contributed by atoms with Crippen LogP contribution >= 0.6 is 0 Å². The van der Waals surface area contributed by atoms with E-state index in [0.29, 0.717) is 17.1 Å². The minimum Gasteiger partial charge on any atom is -0.397 e. The Balaban J connectivity index is 1.90.